The van der Waals surface area contributed by atoms with Gasteiger partial charge in [-0.05, 0) is 64.2 Å². The average Bonchev–Trinajstić information content (AvgIpc) is 3.29. The Morgan fingerprint density at radius 3 is 0.984 bits per heavy atom. The molecule has 1 atom stereocenters. The lowest BCUT2D eigenvalue weighted by atomic mass is 10.0. The summed E-state index contributed by atoms with van der Waals surface area (Å²) in [5.74, 6) is -0.938. The van der Waals surface area contributed by atoms with Crippen LogP contribution in [0.25, 0.3) is 0 Å². The molecular formula is C58H100O6. The fraction of sp³-hybridized carbons (Fsp3) is 0.741. The van der Waals surface area contributed by atoms with Crippen molar-refractivity contribution in [2.45, 2.75) is 264 Å². The summed E-state index contributed by atoms with van der Waals surface area (Å²) < 4.78 is 16.8. The molecule has 0 spiro atoms. The number of hydrogen-bond donors (Lipinski definition) is 0. The van der Waals surface area contributed by atoms with Gasteiger partial charge in [0.15, 0.2) is 6.10 Å². The molecule has 0 amide bonds. The van der Waals surface area contributed by atoms with Crippen molar-refractivity contribution < 1.29 is 28.6 Å². The second-order valence-electron chi connectivity index (χ2n) is 17.9. The summed E-state index contributed by atoms with van der Waals surface area (Å²) in [5, 5.41) is 0. The van der Waals surface area contributed by atoms with Crippen LogP contribution >= 0.6 is 0 Å². The lowest BCUT2D eigenvalue weighted by molar-refractivity contribution is -0.167. The standard InChI is InChI=1S/C58H100O6/c1-4-7-10-13-16-19-22-24-26-28-30-31-33-36-39-42-45-48-51-57(60)63-54-55(53-62-56(59)50-47-44-41-38-35-21-18-15-12-9-6-3)64-58(61)52-49-46-43-40-37-34-32-29-27-25-23-20-17-14-11-8-5-2/h15-16,18-19,21-22,24,26,28,30-31,35,55H,4-14,17,20,23,25,27,29,32-34,36-54H2,1-3H3/b18-15-,19-16-,24-22-,28-26-,31-30-,35-21-. The first-order valence-electron chi connectivity index (χ1n) is 27.0. The van der Waals surface area contributed by atoms with Crippen LogP contribution in [0, 0.1) is 0 Å². The molecule has 6 nitrogen and oxygen atoms in total. The van der Waals surface area contributed by atoms with Gasteiger partial charge in [-0.15, -0.1) is 0 Å². The van der Waals surface area contributed by atoms with E-state index in [0.29, 0.717) is 19.3 Å². The Balaban J connectivity index is 4.41. The predicted molar refractivity (Wildman–Crippen MR) is 274 cm³/mol. The van der Waals surface area contributed by atoms with Crippen molar-refractivity contribution in [3.63, 3.8) is 0 Å². The van der Waals surface area contributed by atoms with Gasteiger partial charge in [0.05, 0.1) is 0 Å². The van der Waals surface area contributed by atoms with Gasteiger partial charge in [-0.3, -0.25) is 14.4 Å². The fourth-order valence-electron chi connectivity index (χ4n) is 7.43. The van der Waals surface area contributed by atoms with E-state index in [0.717, 1.165) is 96.3 Å². The summed E-state index contributed by atoms with van der Waals surface area (Å²) in [6, 6.07) is 0. The maximum atomic E-state index is 12.8. The van der Waals surface area contributed by atoms with E-state index in [-0.39, 0.29) is 31.1 Å². The highest BCUT2D eigenvalue weighted by Gasteiger charge is 2.19. The van der Waals surface area contributed by atoms with Gasteiger partial charge in [-0.1, -0.05) is 248 Å². The Kier molecular flexibility index (Phi) is 49.9. The van der Waals surface area contributed by atoms with Crippen molar-refractivity contribution in [1.29, 1.82) is 0 Å². The highest BCUT2D eigenvalue weighted by atomic mass is 16.6. The Morgan fingerprint density at radius 1 is 0.312 bits per heavy atom. The van der Waals surface area contributed by atoms with E-state index >= 15 is 0 Å². The minimum atomic E-state index is -0.794. The minimum Gasteiger partial charge on any atom is -0.462 e. The van der Waals surface area contributed by atoms with Crippen molar-refractivity contribution in [2.75, 3.05) is 13.2 Å². The number of carbonyl (C=O) groups is 3. The van der Waals surface area contributed by atoms with Crippen LogP contribution in [-0.2, 0) is 28.6 Å². The topological polar surface area (TPSA) is 78.9 Å². The van der Waals surface area contributed by atoms with Gasteiger partial charge >= 0.3 is 17.9 Å². The summed E-state index contributed by atoms with van der Waals surface area (Å²) in [5.41, 5.74) is 0. The van der Waals surface area contributed by atoms with Crippen molar-refractivity contribution >= 4 is 17.9 Å². The van der Waals surface area contributed by atoms with Crippen LogP contribution in [0.15, 0.2) is 72.9 Å². The fourth-order valence-corrected chi connectivity index (χ4v) is 7.43. The molecule has 0 rings (SSSR count). The molecule has 0 saturated heterocycles. The first-order chi connectivity index (χ1) is 31.5. The average molecular weight is 893 g/mol. The molecule has 368 valence electrons. The van der Waals surface area contributed by atoms with Gasteiger partial charge in [0.25, 0.3) is 0 Å². The maximum Gasteiger partial charge on any atom is 0.306 e. The molecule has 0 aliphatic carbocycles. The van der Waals surface area contributed by atoms with Crippen LogP contribution in [0.1, 0.15) is 258 Å². The number of hydrogen-bond acceptors (Lipinski definition) is 6. The summed E-state index contributed by atoms with van der Waals surface area (Å²) in [7, 11) is 0. The van der Waals surface area contributed by atoms with Gasteiger partial charge in [-0.25, -0.2) is 0 Å². The molecule has 0 heterocycles. The molecule has 0 aromatic rings. The second kappa shape index (κ2) is 52.5. The van der Waals surface area contributed by atoms with Crippen molar-refractivity contribution in [1.82, 2.24) is 0 Å². The van der Waals surface area contributed by atoms with Crippen LogP contribution < -0.4 is 0 Å². The summed E-state index contributed by atoms with van der Waals surface area (Å²) in [4.78, 5) is 38.0. The maximum absolute atomic E-state index is 12.8. The van der Waals surface area contributed by atoms with Gasteiger partial charge < -0.3 is 14.2 Å². The largest absolute Gasteiger partial charge is 0.462 e. The Bertz CT molecular complexity index is 1210. The van der Waals surface area contributed by atoms with E-state index in [1.807, 2.05) is 0 Å². The van der Waals surface area contributed by atoms with Gasteiger partial charge in [0, 0.05) is 19.3 Å². The summed E-state index contributed by atoms with van der Waals surface area (Å²) >= 11 is 0. The van der Waals surface area contributed by atoms with E-state index in [4.69, 9.17) is 14.2 Å². The van der Waals surface area contributed by atoms with Gasteiger partial charge in [0.1, 0.15) is 13.2 Å². The van der Waals surface area contributed by atoms with E-state index in [1.165, 1.54) is 122 Å². The third kappa shape index (κ3) is 49.9. The molecule has 0 aromatic carbocycles. The molecule has 0 aliphatic heterocycles. The SMILES string of the molecule is CCCC/C=C\C=C/CCCCCC(=O)OCC(COC(=O)CCCCCCC\C=C/C=C\C=C/C=C\CCCCC)OC(=O)CCCCCCCCCCCCCCCCCCC. The molecule has 0 saturated carbocycles. The summed E-state index contributed by atoms with van der Waals surface area (Å²) in [6.07, 6.45) is 66.0. The van der Waals surface area contributed by atoms with E-state index < -0.39 is 6.10 Å². The van der Waals surface area contributed by atoms with Crippen molar-refractivity contribution in [3.8, 4) is 0 Å². The van der Waals surface area contributed by atoms with Gasteiger partial charge in [-0.2, -0.15) is 0 Å². The molecule has 0 bridgehead atoms. The summed E-state index contributed by atoms with van der Waals surface area (Å²) in [6.45, 7) is 6.52. The molecule has 64 heavy (non-hydrogen) atoms. The van der Waals surface area contributed by atoms with Crippen molar-refractivity contribution in [3.05, 3.63) is 72.9 Å². The van der Waals surface area contributed by atoms with Crippen LogP contribution in [0.2, 0.25) is 0 Å². The lowest BCUT2D eigenvalue weighted by Crippen LogP contribution is -2.30. The number of rotatable bonds is 48. The molecule has 0 N–H and O–H groups in total. The van der Waals surface area contributed by atoms with Crippen LogP contribution in [-0.4, -0.2) is 37.2 Å². The zero-order chi connectivity index (χ0) is 46.5. The minimum absolute atomic E-state index is 0.0948. The normalized spacial score (nSPS) is 12.6. The third-order valence-electron chi connectivity index (χ3n) is 11.6. The van der Waals surface area contributed by atoms with E-state index in [2.05, 4.69) is 93.7 Å². The number of carbonyl (C=O) groups excluding carboxylic acids is 3. The van der Waals surface area contributed by atoms with Gasteiger partial charge in [0.2, 0.25) is 0 Å². The molecule has 0 fully saturated rings. The van der Waals surface area contributed by atoms with Crippen LogP contribution in [0.4, 0.5) is 0 Å². The Hall–Kier alpha value is -3.15. The third-order valence-corrected chi connectivity index (χ3v) is 11.6. The first kappa shape index (κ1) is 60.9. The lowest BCUT2D eigenvalue weighted by Gasteiger charge is -2.18. The number of esters is 3. The van der Waals surface area contributed by atoms with Crippen LogP contribution in [0.3, 0.4) is 0 Å². The quantitative estimate of drug-likeness (QED) is 0.0262. The number of ether oxygens (including phenoxy) is 3. The number of allylic oxidation sites excluding steroid dienone is 12. The molecule has 0 aromatic heterocycles. The van der Waals surface area contributed by atoms with E-state index in [1.54, 1.807) is 0 Å². The van der Waals surface area contributed by atoms with Crippen LogP contribution in [0.5, 0.6) is 0 Å². The Labute approximate surface area is 395 Å². The first-order valence-corrected chi connectivity index (χ1v) is 27.0. The Morgan fingerprint density at radius 2 is 0.578 bits per heavy atom. The number of unbranched alkanes of at least 4 members (excludes halogenated alkanes) is 29. The zero-order valence-electron chi connectivity index (χ0n) is 42.0. The smallest absolute Gasteiger partial charge is 0.306 e. The molecule has 1 unspecified atom stereocenters. The van der Waals surface area contributed by atoms with E-state index in [9.17, 15) is 14.4 Å². The highest BCUT2D eigenvalue weighted by molar-refractivity contribution is 5.71. The predicted octanol–water partition coefficient (Wildman–Crippen LogP) is 17.8. The van der Waals surface area contributed by atoms with Crippen molar-refractivity contribution in [2.24, 2.45) is 0 Å². The molecule has 6 heteroatoms. The highest BCUT2D eigenvalue weighted by Crippen LogP contribution is 2.16. The second-order valence-corrected chi connectivity index (χ2v) is 17.9. The molecular weight excluding hydrogens is 793 g/mol. The zero-order valence-corrected chi connectivity index (χ0v) is 42.0. The molecule has 0 radical (unpaired) electrons. The monoisotopic (exact) mass is 893 g/mol. The molecule has 0 aliphatic rings.